The minimum Gasteiger partial charge on any atom is -0.252 e. The number of benzene rings is 7. The zero-order chi connectivity index (χ0) is 33.5. The molecular formula is C49H32N2. The molecule has 0 saturated heterocycles. The topological polar surface area (TPSA) is 25.2 Å². The molecule has 2 heteroatoms. The third-order valence-corrected chi connectivity index (χ3v) is 11.4. The molecule has 7 aromatic carbocycles. The van der Waals surface area contributed by atoms with Gasteiger partial charge in [-0.2, -0.15) is 0 Å². The molecule has 1 aromatic heterocycles. The Hall–Kier alpha value is -6.38. The van der Waals surface area contributed by atoms with Gasteiger partial charge in [-0.05, 0) is 80.6 Å². The van der Waals surface area contributed by atoms with E-state index in [0.717, 1.165) is 46.6 Å². The first kappa shape index (κ1) is 28.5. The summed E-state index contributed by atoms with van der Waals surface area (Å²) >= 11 is 0. The minimum absolute atomic E-state index is 0.383. The Morgan fingerprint density at radius 2 is 1.12 bits per heavy atom. The molecule has 0 fully saturated rings. The van der Waals surface area contributed by atoms with Gasteiger partial charge in [0.05, 0.1) is 22.3 Å². The van der Waals surface area contributed by atoms with Gasteiger partial charge in [0.15, 0.2) is 0 Å². The van der Waals surface area contributed by atoms with Gasteiger partial charge in [-0.15, -0.1) is 0 Å². The molecule has 1 spiro atoms. The van der Waals surface area contributed by atoms with Crippen LogP contribution in [-0.2, 0) is 5.41 Å². The second-order valence-corrected chi connectivity index (χ2v) is 13.9. The number of fused-ring (bicyclic) bond motifs is 15. The summed E-state index contributed by atoms with van der Waals surface area (Å²) in [5.41, 5.74) is 17.9. The molecule has 1 aliphatic heterocycles. The minimum atomic E-state index is -0.383. The summed E-state index contributed by atoms with van der Waals surface area (Å²) in [5.74, 6) is 0. The molecule has 2 aliphatic carbocycles. The quantitative estimate of drug-likeness (QED) is 0.171. The fourth-order valence-electron chi connectivity index (χ4n) is 9.24. The summed E-state index contributed by atoms with van der Waals surface area (Å²) < 4.78 is 0. The van der Waals surface area contributed by atoms with Gasteiger partial charge < -0.3 is 0 Å². The molecule has 11 rings (SSSR count). The second-order valence-electron chi connectivity index (χ2n) is 13.9. The maximum absolute atomic E-state index is 5.38. The molecule has 51 heavy (non-hydrogen) atoms. The summed E-state index contributed by atoms with van der Waals surface area (Å²) in [6, 6.07) is 57.9. The molecule has 3 aliphatic rings. The average Bonchev–Trinajstić information content (AvgIpc) is 3.65. The van der Waals surface area contributed by atoms with Crippen LogP contribution in [0.4, 0.5) is 5.69 Å². The highest BCUT2D eigenvalue weighted by Gasteiger charge is 2.52. The molecule has 2 heterocycles. The molecule has 0 N–H and O–H groups in total. The molecule has 0 saturated carbocycles. The van der Waals surface area contributed by atoms with E-state index in [1.165, 1.54) is 66.2 Å². The van der Waals surface area contributed by atoms with Crippen LogP contribution in [-0.4, -0.2) is 10.7 Å². The van der Waals surface area contributed by atoms with Crippen molar-refractivity contribution in [1.82, 2.24) is 4.98 Å². The van der Waals surface area contributed by atoms with Crippen molar-refractivity contribution in [1.29, 1.82) is 0 Å². The van der Waals surface area contributed by atoms with Crippen molar-refractivity contribution in [3.63, 3.8) is 0 Å². The lowest BCUT2D eigenvalue weighted by Crippen LogP contribution is -2.25. The van der Waals surface area contributed by atoms with Gasteiger partial charge in [0.2, 0.25) is 0 Å². The van der Waals surface area contributed by atoms with Crippen molar-refractivity contribution in [2.75, 3.05) is 0 Å². The number of rotatable bonds is 2. The lowest BCUT2D eigenvalue weighted by Gasteiger charge is -2.30. The van der Waals surface area contributed by atoms with Gasteiger partial charge >= 0.3 is 0 Å². The zero-order valence-corrected chi connectivity index (χ0v) is 28.0. The summed E-state index contributed by atoms with van der Waals surface area (Å²) in [5, 5.41) is 3.64. The van der Waals surface area contributed by atoms with E-state index < -0.39 is 0 Å². The van der Waals surface area contributed by atoms with Crippen molar-refractivity contribution in [2.24, 2.45) is 4.99 Å². The highest BCUT2D eigenvalue weighted by molar-refractivity contribution is 6.20. The first-order valence-electron chi connectivity index (χ1n) is 17.9. The predicted octanol–water partition coefficient (Wildman–Crippen LogP) is 12.3. The van der Waals surface area contributed by atoms with E-state index >= 15 is 0 Å². The van der Waals surface area contributed by atoms with Crippen molar-refractivity contribution in [3.05, 3.63) is 197 Å². The lowest BCUT2D eigenvalue weighted by atomic mass is 9.70. The van der Waals surface area contributed by atoms with E-state index in [2.05, 4.69) is 170 Å². The van der Waals surface area contributed by atoms with E-state index in [9.17, 15) is 0 Å². The average molecular weight is 649 g/mol. The van der Waals surface area contributed by atoms with Crippen LogP contribution in [0.15, 0.2) is 169 Å². The number of pyridine rings is 1. The first-order valence-corrected chi connectivity index (χ1v) is 17.9. The van der Waals surface area contributed by atoms with Crippen LogP contribution in [0, 0.1) is 0 Å². The van der Waals surface area contributed by atoms with Crippen LogP contribution < -0.4 is 0 Å². The number of aromatic nitrogens is 1. The molecule has 0 unspecified atom stereocenters. The maximum atomic E-state index is 5.38. The van der Waals surface area contributed by atoms with Crippen LogP contribution in [0.2, 0.25) is 0 Å². The van der Waals surface area contributed by atoms with E-state index in [-0.39, 0.29) is 5.41 Å². The number of para-hydroxylation sites is 2. The van der Waals surface area contributed by atoms with Crippen LogP contribution in [0.5, 0.6) is 0 Å². The number of hydrogen-bond acceptors (Lipinski definition) is 2. The highest BCUT2D eigenvalue weighted by Crippen LogP contribution is 2.64. The molecule has 0 amide bonds. The van der Waals surface area contributed by atoms with Crippen LogP contribution in [0.25, 0.3) is 61.3 Å². The Labute approximate surface area is 297 Å². The number of allylic oxidation sites excluding steroid dienone is 1. The Kier molecular flexibility index (Phi) is 6.03. The van der Waals surface area contributed by atoms with Crippen molar-refractivity contribution in [2.45, 2.75) is 18.3 Å². The fraction of sp³-hybridized carbons (Fsp3) is 0.0612. The van der Waals surface area contributed by atoms with Crippen LogP contribution >= 0.6 is 0 Å². The highest BCUT2D eigenvalue weighted by atomic mass is 14.8. The SMILES string of the molecule is C1=C\c2ccccc2N=C(c2ccc(-c3nc4ccccc4c4c5c(ccc34)C3(c4ccccc4-c4ccccc43)c3ccccc3-5)cc2)CC/1. The monoisotopic (exact) mass is 648 g/mol. The third-order valence-electron chi connectivity index (χ3n) is 11.4. The van der Waals surface area contributed by atoms with E-state index in [1.54, 1.807) is 0 Å². The lowest BCUT2D eigenvalue weighted by molar-refractivity contribution is 0.794. The normalized spacial score (nSPS) is 15.3. The summed E-state index contributed by atoms with van der Waals surface area (Å²) in [6.07, 6.45) is 6.32. The smallest absolute Gasteiger partial charge is 0.0788 e. The van der Waals surface area contributed by atoms with Gasteiger partial charge in [-0.1, -0.05) is 158 Å². The van der Waals surface area contributed by atoms with Gasteiger partial charge in [-0.25, -0.2) is 4.98 Å². The van der Waals surface area contributed by atoms with E-state index in [0.29, 0.717) is 0 Å². The maximum Gasteiger partial charge on any atom is 0.0788 e. The first-order chi connectivity index (χ1) is 25.3. The van der Waals surface area contributed by atoms with E-state index in [4.69, 9.17) is 9.98 Å². The summed E-state index contributed by atoms with van der Waals surface area (Å²) in [7, 11) is 0. The number of hydrogen-bond donors (Lipinski definition) is 0. The standard InChI is InChI=1S/C49H32N2/c1-10-22-43-31(13-1)14-2-11-23-44(50-43)32-25-27-33(28-26-32)48-38-29-30-42-47(46(38)37-18-6-12-24-45(37)51-48)36-17-5-9-21-41(36)49(42)39-19-7-3-15-34(39)35-16-4-8-20-40(35)49/h1-10,12-22,24-30H,11,23H2/b14-2-,50-44?. The van der Waals surface area contributed by atoms with Crippen molar-refractivity contribution in [3.8, 4) is 33.5 Å². The molecule has 8 aromatic rings. The molecule has 238 valence electrons. The van der Waals surface area contributed by atoms with Gasteiger partial charge in [0, 0.05) is 27.4 Å². The summed E-state index contributed by atoms with van der Waals surface area (Å²) in [4.78, 5) is 10.5. The van der Waals surface area contributed by atoms with Gasteiger partial charge in [0.25, 0.3) is 0 Å². The van der Waals surface area contributed by atoms with Crippen LogP contribution in [0.3, 0.4) is 0 Å². The fourth-order valence-corrected chi connectivity index (χ4v) is 9.24. The zero-order valence-electron chi connectivity index (χ0n) is 28.0. The van der Waals surface area contributed by atoms with Gasteiger partial charge in [-0.3, -0.25) is 4.99 Å². The molecule has 0 atom stereocenters. The largest absolute Gasteiger partial charge is 0.252 e. The van der Waals surface area contributed by atoms with Gasteiger partial charge in [0.1, 0.15) is 0 Å². The van der Waals surface area contributed by atoms with Crippen molar-refractivity contribution >= 4 is 39.2 Å². The van der Waals surface area contributed by atoms with E-state index in [1.807, 2.05) is 0 Å². The summed E-state index contributed by atoms with van der Waals surface area (Å²) in [6.45, 7) is 0. The third kappa shape index (κ3) is 3.93. The van der Waals surface area contributed by atoms with Crippen molar-refractivity contribution < 1.29 is 0 Å². The second kappa shape index (κ2) is 10.8. The Balaban J connectivity index is 1.16. The molecule has 2 nitrogen and oxygen atoms in total. The molecule has 0 bridgehead atoms. The Morgan fingerprint density at radius 3 is 1.90 bits per heavy atom. The molecule has 0 radical (unpaired) electrons. The Morgan fingerprint density at radius 1 is 0.490 bits per heavy atom. The predicted molar refractivity (Wildman–Crippen MR) is 212 cm³/mol. The van der Waals surface area contributed by atoms with Crippen LogP contribution in [0.1, 0.15) is 46.2 Å². The molecular weight excluding hydrogens is 617 g/mol. The number of aliphatic imine (C=N–C) groups is 1. The Bertz CT molecular complexity index is 2760. The number of nitrogens with zero attached hydrogens (tertiary/aromatic N) is 2.